The topological polar surface area (TPSA) is 78.9 Å². The van der Waals surface area contributed by atoms with E-state index < -0.39 is 6.10 Å². The number of allylic oxidation sites excluding steroid dienone is 20. The number of ether oxygens (including phenoxy) is 3. The minimum atomic E-state index is -0.809. The molecule has 6 heteroatoms. The number of unbranched alkanes of at least 4 members (excludes halogenated alkanes) is 27. The van der Waals surface area contributed by atoms with Gasteiger partial charge in [-0.05, 0) is 96.3 Å². The van der Waals surface area contributed by atoms with Gasteiger partial charge in [-0.1, -0.05) is 264 Å². The molecule has 0 aliphatic carbocycles. The molecule has 0 saturated carbocycles. The summed E-state index contributed by atoms with van der Waals surface area (Å²) in [4.78, 5) is 38.2. The second kappa shape index (κ2) is 59.4. The maximum atomic E-state index is 12.9. The third-order valence-corrected chi connectivity index (χ3v) is 12.4. The van der Waals surface area contributed by atoms with E-state index >= 15 is 0 Å². The van der Waals surface area contributed by atoms with Crippen molar-refractivity contribution in [1.29, 1.82) is 0 Å². The Balaban J connectivity index is 4.53. The molecule has 0 saturated heterocycles. The summed E-state index contributed by atoms with van der Waals surface area (Å²) in [7, 11) is 0. The number of hydrogen-bond donors (Lipinski definition) is 0. The van der Waals surface area contributed by atoms with Crippen molar-refractivity contribution in [3.05, 3.63) is 122 Å². The van der Waals surface area contributed by atoms with Gasteiger partial charge in [0.1, 0.15) is 13.2 Å². The lowest BCUT2D eigenvalue weighted by atomic mass is 10.1. The van der Waals surface area contributed by atoms with Gasteiger partial charge in [0.2, 0.25) is 0 Å². The summed E-state index contributed by atoms with van der Waals surface area (Å²) in [5.74, 6) is -0.964. The van der Waals surface area contributed by atoms with E-state index in [1.54, 1.807) is 0 Å². The highest BCUT2D eigenvalue weighted by atomic mass is 16.6. The van der Waals surface area contributed by atoms with Crippen LogP contribution in [0.5, 0.6) is 0 Å². The van der Waals surface area contributed by atoms with Crippen LogP contribution < -0.4 is 0 Å². The molecule has 0 N–H and O–H groups in total. The summed E-state index contributed by atoms with van der Waals surface area (Å²) in [6.45, 7) is 6.42. The largest absolute Gasteiger partial charge is 0.462 e. The van der Waals surface area contributed by atoms with Crippen molar-refractivity contribution >= 4 is 17.9 Å². The van der Waals surface area contributed by atoms with Crippen LogP contribution in [0.3, 0.4) is 0 Å². The molecule has 0 radical (unpaired) electrons. The molecule has 6 nitrogen and oxygen atoms in total. The molecule has 1 atom stereocenters. The summed E-state index contributed by atoms with van der Waals surface area (Å²) >= 11 is 0. The Morgan fingerprint density at radius 3 is 1.01 bits per heavy atom. The Morgan fingerprint density at radius 2 is 0.597 bits per heavy atom. The lowest BCUT2D eigenvalue weighted by Gasteiger charge is -2.18. The predicted molar refractivity (Wildman–Crippen MR) is 311 cm³/mol. The van der Waals surface area contributed by atoms with Gasteiger partial charge in [0.15, 0.2) is 6.10 Å². The van der Waals surface area contributed by atoms with Gasteiger partial charge in [-0.3, -0.25) is 14.4 Å². The molecule has 72 heavy (non-hydrogen) atoms. The molecule has 0 amide bonds. The number of hydrogen-bond acceptors (Lipinski definition) is 6. The lowest BCUT2D eigenvalue weighted by Crippen LogP contribution is -2.30. The van der Waals surface area contributed by atoms with Crippen molar-refractivity contribution in [3.8, 4) is 0 Å². The zero-order valence-electron chi connectivity index (χ0n) is 46.7. The Labute approximate surface area is 443 Å². The fourth-order valence-corrected chi connectivity index (χ4v) is 7.92. The highest BCUT2D eigenvalue weighted by molar-refractivity contribution is 5.71. The molecule has 408 valence electrons. The minimum absolute atomic E-state index is 0.103. The van der Waals surface area contributed by atoms with Gasteiger partial charge >= 0.3 is 17.9 Å². The highest BCUT2D eigenvalue weighted by Crippen LogP contribution is 2.15. The standard InChI is InChI=1S/C66H108O6/c1-4-7-10-13-16-19-22-25-28-31-33-36-38-41-44-47-50-53-56-59-65(68)71-62-63(61-70-64(67)58-55-52-49-46-43-40-37-34-30-27-24-21-18-15-12-9-6-3)72-66(69)60-57-54-51-48-45-42-39-35-32-29-26-23-20-17-14-11-8-5-2/h7,10,13,16,18-19,21-22,25,27-28,30-31,33,35-36,38-39,41,44,63H,4-6,8-9,11-12,14-15,17,20,23-24,26,29,32,34,37,40,42-43,45-62H2,1-3H3/b10-7-,16-13-,21-18-,22-19-,28-25-,30-27-,33-31+,38-36-,39-35-,44-41-. The van der Waals surface area contributed by atoms with E-state index in [-0.39, 0.29) is 31.1 Å². The van der Waals surface area contributed by atoms with Crippen LogP contribution in [-0.2, 0) is 28.6 Å². The summed E-state index contributed by atoms with van der Waals surface area (Å²) in [5, 5.41) is 0. The van der Waals surface area contributed by atoms with Crippen LogP contribution in [-0.4, -0.2) is 37.2 Å². The summed E-state index contributed by atoms with van der Waals surface area (Å²) in [5.41, 5.74) is 0. The molecule has 0 aromatic carbocycles. The van der Waals surface area contributed by atoms with Crippen LogP contribution in [0.25, 0.3) is 0 Å². The van der Waals surface area contributed by atoms with Crippen LogP contribution in [0.1, 0.15) is 258 Å². The fraction of sp³-hybridized carbons (Fsp3) is 0.652. The number of carbonyl (C=O) groups excluding carboxylic acids is 3. The van der Waals surface area contributed by atoms with Crippen molar-refractivity contribution in [2.24, 2.45) is 0 Å². The number of esters is 3. The van der Waals surface area contributed by atoms with E-state index in [0.717, 1.165) is 96.3 Å². The van der Waals surface area contributed by atoms with E-state index in [4.69, 9.17) is 14.2 Å². The monoisotopic (exact) mass is 997 g/mol. The molecule has 0 spiro atoms. The molecule has 0 rings (SSSR count). The minimum Gasteiger partial charge on any atom is -0.462 e. The summed E-state index contributed by atoms with van der Waals surface area (Å²) in [6.07, 6.45) is 81.8. The average molecular weight is 998 g/mol. The van der Waals surface area contributed by atoms with Crippen molar-refractivity contribution in [2.75, 3.05) is 13.2 Å². The first-order chi connectivity index (χ1) is 35.5. The number of carbonyl (C=O) groups is 3. The van der Waals surface area contributed by atoms with Crippen molar-refractivity contribution in [1.82, 2.24) is 0 Å². The quantitative estimate of drug-likeness (QED) is 0.0199. The molecule has 1 unspecified atom stereocenters. The molecule has 0 aromatic heterocycles. The van der Waals surface area contributed by atoms with Gasteiger partial charge in [-0.15, -0.1) is 0 Å². The van der Waals surface area contributed by atoms with Crippen molar-refractivity contribution in [2.45, 2.75) is 264 Å². The van der Waals surface area contributed by atoms with Gasteiger partial charge in [-0.25, -0.2) is 0 Å². The Kier molecular flexibility index (Phi) is 55.9. The Hall–Kier alpha value is -4.19. The zero-order chi connectivity index (χ0) is 52.2. The first-order valence-electron chi connectivity index (χ1n) is 29.6. The predicted octanol–water partition coefficient (Wildman–Crippen LogP) is 20.0. The summed E-state index contributed by atoms with van der Waals surface area (Å²) in [6, 6.07) is 0. The third-order valence-electron chi connectivity index (χ3n) is 12.4. The van der Waals surface area contributed by atoms with Gasteiger partial charge in [0.05, 0.1) is 0 Å². The maximum Gasteiger partial charge on any atom is 0.306 e. The van der Waals surface area contributed by atoms with Gasteiger partial charge in [-0.2, -0.15) is 0 Å². The average Bonchev–Trinajstić information content (AvgIpc) is 3.38. The van der Waals surface area contributed by atoms with E-state index in [0.29, 0.717) is 19.3 Å². The molecule has 0 aliphatic rings. The van der Waals surface area contributed by atoms with Gasteiger partial charge in [0.25, 0.3) is 0 Å². The smallest absolute Gasteiger partial charge is 0.306 e. The fourth-order valence-electron chi connectivity index (χ4n) is 7.92. The third kappa shape index (κ3) is 56.7. The van der Waals surface area contributed by atoms with Crippen LogP contribution in [0, 0.1) is 0 Å². The Morgan fingerprint density at radius 1 is 0.306 bits per heavy atom. The van der Waals surface area contributed by atoms with Crippen LogP contribution in [0.2, 0.25) is 0 Å². The van der Waals surface area contributed by atoms with E-state index in [1.165, 1.54) is 122 Å². The molecule has 0 aliphatic heterocycles. The van der Waals surface area contributed by atoms with Gasteiger partial charge in [0, 0.05) is 19.3 Å². The summed E-state index contributed by atoms with van der Waals surface area (Å²) < 4.78 is 16.8. The SMILES string of the molecule is CC\C=C/C=C\C=C/C=C\C=C\C=C/C=C\CCCCCC(=O)OCC(COC(=O)CCCCCCCCC/C=C\C/C=C\CCCCC)OC(=O)CCCCCCC/C=C\CCCCCCCCCCC. The van der Waals surface area contributed by atoms with Crippen LogP contribution in [0.4, 0.5) is 0 Å². The molecular formula is C66H108O6. The molecular weight excluding hydrogens is 889 g/mol. The molecule has 0 bridgehead atoms. The van der Waals surface area contributed by atoms with Gasteiger partial charge < -0.3 is 14.2 Å². The maximum absolute atomic E-state index is 12.9. The first-order valence-corrected chi connectivity index (χ1v) is 29.6. The van der Waals surface area contributed by atoms with E-state index in [1.807, 2.05) is 72.9 Å². The van der Waals surface area contributed by atoms with E-state index in [9.17, 15) is 14.4 Å². The van der Waals surface area contributed by atoms with Crippen LogP contribution in [0.15, 0.2) is 122 Å². The first kappa shape index (κ1) is 67.8. The Bertz CT molecular complexity index is 1520. The van der Waals surface area contributed by atoms with Crippen LogP contribution >= 0.6 is 0 Å². The second-order valence-corrected chi connectivity index (χ2v) is 19.3. The second-order valence-electron chi connectivity index (χ2n) is 19.3. The molecule has 0 aromatic rings. The van der Waals surface area contributed by atoms with Crippen molar-refractivity contribution < 1.29 is 28.6 Å². The lowest BCUT2D eigenvalue weighted by molar-refractivity contribution is -0.167. The van der Waals surface area contributed by atoms with Crippen molar-refractivity contribution in [3.63, 3.8) is 0 Å². The normalized spacial score (nSPS) is 13.0. The highest BCUT2D eigenvalue weighted by Gasteiger charge is 2.19. The van der Waals surface area contributed by atoms with E-state index in [2.05, 4.69) is 69.4 Å². The molecule has 0 heterocycles. The molecule has 0 fully saturated rings. The number of rotatable bonds is 52. The zero-order valence-corrected chi connectivity index (χ0v) is 46.7.